The largest absolute Gasteiger partial charge is 0.370 e. The van der Waals surface area contributed by atoms with Gasteiger partial charge in [-0.15, -0.1) is 16.4 Å². The van der Waals surface area contributed by atoms with Crippen molar-refractivity contribution in [1.29, 1.82) is 5.26 Å². The first-order valence-corrected chi connectivity index (χ1v) is 13.1. The average Bonchev–Trinajstić information content (AvgIpc) is 3.61. The molecule has 3 aromatic rings. The molecule has 6 rings (SSSR count). The summed E-state index contributed by atoms with van der Waals surface area (Å²) >= 11 is 1.45. The van der Waals surface area contributed by atoms with Gasteiger partial charge in [0.05, 0.1) is 24.4 Å². The summed E-state index contributed by atoms with van der Waals surface area (Å²) in [4.78, 5) is 31.4. The van der Waals surface area contributed by atoms with Crippen molar-refractivity contribution in [3.8, 4) is 11.8 Å². The van der Waals surface area contributed by atoms with Crippen LogP contribution in [0.25, 0.3) is 5.69 Å². The van der Waals surface area contributed by atoms with Crippen molar-refractivity contribution < 1.29 is 14.3 Å². The van der Waals surface area contributed by atoms with Crippen LogP contribution < -0.4 is 0 Å². The predicted molar refractivity (Wildman–Crippen MR) is 134 cm³/mol. The first-order valence-electron chi connectivity index (χ1n) is 12.2. The van der Waals surface area contributed by atoms with Gasteiger partial charge in [-0.2, -0.15) is 5.26 Å². The molecule has 0 saturated carbocycles. The van der Waals surface area contributed by atoms with Crippen LogP contribution >= 0.6 is 11.3 Å². The Morgan fingerprint density at radius 1 is 1.32 bits per heavy atom. The number of morpholine rings is 1. The first-order chi connectivity index (χ1) is 18.0. The fourth-order valence-electron chi connectivity index (χ4n) is 5.65. The number of allylic oxidation sites excluding steroid dienone is 1. The van der Waals surface area contributed by atoms with Gasteiger partial charge in [0.1, 0.15) is 29.0 Å². The van der Waals surface area contributed by atoms with Crippen LogP contribution in [0.3, 0.4) is 0 Å². The number of nitrogens with zero attached hydrogens (tertiary/aromatic N) is 7. The zero-order valence-corrected chi connectivity index (χ0v) is 21.1. The topological polar surface area (TPSA) is 117 Å². The van der Waals surface area contributed by atoms with Crippen molar-refractivity contribution in [1.82, 2.24) is 30.0 Å². The van der Waals surface area contributed by atoms with Crippen LogP contribution in [-0.4, -0.2) is 81.0 Å². The fourth-order valence-corrected chi connectivity index (χ4v) is 6.57. The molecule has 2 aromatic heterocycles. The maximum absolute atomic E-state index is 13.9. The van der Waals surface area contributed by atoms with Crippen LogP contribution in [-0.2, 0) is 26.2 Å². The Morgan fingerprint density at radius 3 is 2.97 bits per heavy atom. The monoisotopic (exact) mass is 515 g/mol. The van der Waals surface area contributed by atoms with E-state index >= 15 is 0 Å². The van der Waals surface area contributed by atoms with Crippen LogP contribution in [0.15, 0.2) is 42.1 Å². The quantitative estimate of drug-likeness (QED) is 0.293. The first kappa shape index (κ1) is 23.7. The molecule has 1 unspecified atom stereocenters. The second kappa shape index (κ2) is 9.30. The van der Waals surface area contributed by atoms with Crippen LogP contribution in [0.4, 0.5) is 0 Å². The molecule has 37 heavy (non-hydrogen) atoms. The number of tetrazole rings is 1. The SMILES string of the molecule is Cc1c([C@@H]2CN3CCN(C(=O)C4(C=O)C=CCc5cc(-n6cnnn6)ccc54)C[C@H]3CO2)csc1C#N. The van der Waals surface area contributed by atoms with Gasteiger partial charge in [0, 0.05) is 26.2 Å². The van der Waals surface area contributed by atoms with Crippen LogP contribution in [0.2, 0.25) is 0 Å². The molecule has 0 N–H and O–H groups in total. The Balaban J connectivity index is 1.20. The molecule has 188 valence electrons. The zero-order chi connectivity index (χ0) is 25.6. The molecular formula is C26H25N7O3S. The second-order valence-corrected chi connectivity index (χ2v) is 10.5. The minimum atomic E-state index is -1.35. The number of fused-ring (bicyclic) bond motifs is 2. The Hall–Kier alpha value is -3.72. The van der Waals surface area contributed by atoms with Gasteiger partial charge in [0.2, 0.25) is 5.91 Å². The van der Waals surface area contributed by atoms with E-state index in [0.717, 1.165) is 40.1 Å². The molecule has 10 nitrogen and oxygen atoms in total. The molecule has 2 fully saturated rings. The van der Waals surface area contributed by atoms with E-state index in [9.17, 15) is 14.9 Å². The summed E-state index contributed by atoms with van der Waals surface area (Å²) in [5.74, 6) is -0.205. The zero-order valence-electron chi connectivity index (χ0n) is 20.3. The summed E-state index contributed by atoms with van der Waals surface area (Å²) in [5.41, 5.74) is 3.09. The van der Waals surface area contributed by atoms with E-state index in [2.05, 4.69) is 26.5 Å². The fraction of sp³-hybridized carbons (Fsp3) is 0.385. The highest BCUT2D eigenvalue weighted by Crippen LogP contribution is 2.37. The smallest absolute Gasteiger partial charge is 0.244 e. The summed E-state index contributed by atoms with van der Waals surface area (Å²) in [5, 5.41) is 22.6. The van der Waals surface area contributed by atoms with Crippen molar-refractivity contribution >= 4 is 23.5 Å². The summed E-state index contributed by atoms with van der Waals surface area (Å²) in [7, 11) is 0. The van der Waals surface area contributed by atoms with Gasteiger partial charge in [-0.05, 0) is 63.5 Å². The minimum Gasteiger partial charge on any atom is -0.370 e. The van der Waals surface area contributed by atoms with Crippen molar-refractivity contribution in [2.45, 2.75) is 30.9 Å². The van der Waals surface area contributed by atoms with Gasteiger partial charge >= 0.3 is 0 Å². The minimum absolute atomic E-state index is 0.0567. The third kappa shape index (κ3) is 3.89. The molecule has 2 aliphatic heterocycles. The molecule has 0 bridgehead atoms. The number of carbonyl (C=O) groups excluding carboxylic acids is 2. The lowest BCUT2D eigenvalue weighted by molar-refractivity contribution is -0.145. The Labute approximate surface area is 217 Å². The third-order valence-electron chi connectivity index (χ3n) is 7.71. The summed E-state index contributed by atoms with van der Waals surface area (Å²) in [6.07, 6.45) is 6.45. The van der Waals surface area contributed by atoms with Gasteiger partial charge in [0.25, 0.3) is 0 Å². The highest BCUT2D eigenvalue weighted by Gasteiger charge is 2.46. The van der Waals surface area contributed by atoms with Crippen LogP contribution in [0.5, 0.6) is 0 Å². The molecule has 1 amide bonds. The number of piperazine rings is 1. The molecule has 4 heterocycles. The van der Waals surface area contributed by atoms with E-state index in [1.807, 2.05) is 36.6 Å². The molecule has 3 atom stereocenters. The van der Waals surface area contributed by atoms with E-state index < -0.39 is 5.41 Å². The average molecular weight is 516 g/mol. The van der Waals surface area contributed by atoms with Crippen LogP contribution in [0.1, 0.15) is 33.2 Å². The van der Waals surface area contributed by atoms with Gasteiger partial charge in [-0.3, -0.25) is 9.69 Å². The second-order valence-electron chi connectivity index (χ2n) is 9.67. The highest BCUT2D eigenvalue weighted by atomic mass is 32.1. The normalized spacial score (nSPS) is 25.2. The Bertz CT molecular complexity index is 1430. The van der Waals surface area contributed by atoms with Crippen molar-refractivity contribution in [3.05, 3.63) is 69.2 Å². The van der Waals surface area contributed by atoms with Gasteiger partial charge in [-0.1, -0.05) is 18.2 Å². The maximum atomic E-state index is 13.9. The van der Waals surface area contributed by atoms with E-state index in [0.29, 0.717) is 38.2 Å². The molecule has 0 spiro atoms. The van der Waals surface area contributed by atoms with Crippen molar-refractivity contribution in [3.63, 3.8) is 0 Å². The number of hydrogen-bond acceptors (Lipinski definition) is 9. The lowest BCUT2D eigenvalue weighted by atomic mass is 9.73. The van der Waals surface area contributed by atoms with Crippen LogP contribution in [0, 0.1) is 18.3 Å². The number of hydrogen-bond donors (Lipinski definition) is 0. The molecule has 0 radical (unpaired) electrons. The number of rotatable bonds is 4. The molecule has 3 aliphatic rings. The number of thiophene rings is 1. The lowest BCUT2D eigenvalue weighted by Gasteiger charge is -2.47. The Morgan fingerprint density at radius 2 is 2.22 bits per heavy atom. The van der Waals surface area contributed by atoms with E-state index in [1.165, 1.54) is 17.7 Å². The molecule has 11 heteroatoms. The summed E-state index contributed by atoms with van der Waals surface area (Å²) < 4.78 is 7.77. The predicted octanol–water partition coefficient (Wildman–Crippen LogP) is 1.74. The summed E-state index contributed by atoms with van der Waals surface area (Å²) in [6, 6.07) is 7.90. The molecule has 1 aromatic carbocycles. The van der Waals surface area contributed by atoms with E-state index in [1.54, 1.807) is 15.7 Å². The van der Waals surface area contributed by atoms with E-state index in [4.69, 9.17) is 4.74 Å². The maximum Gasteiger partial charge on any atom is 0.244 e. The van der Waals surface area contributed by atoms with Gasteiger partial charge in [0.15, 0.2) is 0 Å². The number of aldehydes is 1. The number of carbonyl (C=O) groups is 2. The molecule has 1 aliphatic carbocycles. The standard InChI is InChI=1S/C26H25N7O3S/c1-17-21(14-37-24(17)10-27)23-12-31-7-8-32(11-20(31)13-36-23)25(35)26(15-34)6-2-3-18-9-19(4-5-22(18)26)33-16-28-29-30-33/h2,4-6,9,14-16,20,23H,3,7-8,11-13H2,1H3/t20-,23-,26?/m0/s1. The Kier molecular flexibility index (Phi) is 5.95. The molecular weight excluding hydrogens is 490 g/mol. The van der Waals surface area contributed by atoms with Crippen molar-refractivity contribution in [2.75, 3.05) is 32.8 Å². The van der Waals surface area contributed by atoms with Crippen molar-refractivity contribution in [2.24, 2.45) is 0 Å². The highest BCUT2D eigenvalue weighted by molar-refractivity contribution is 7.10. The number of ether oxygens (including phenoxy) is 1. The number of aromatic nitrogens is 4. The number of nitriles is 1. The lowest BCUT2D eigenvalue weighted by Crippen LogP contribution is -2.62. The van der Waals surface area contributed by atoms with Gasteiger partial charge in [-0.25, -0.2) is 4.68 Å². The number of amides is 1. The molecule has 2 saturated heterocycles. The van der Waals surface area contributed by atoms with E-state index in [-0.39, 0.29) is 18.1 Å². The summed E-state index contributed by atoms with van der Waals surface area (Å²) in [6.45, 7) is 4.91. The third-order valence-corrected chi connectivity index (χ3v) is 8.72. The van der Waals surface area contributed by atoms with Gasteiger partial charge < -0.3 is 14.4 Å². The number of benzene rings is 1.